The number of aromatic nitrogens is 5. The molecule has 3 aromatic heterocycles. The summed E-state index contributed by atoms with van der Waals surface area (Å²) in [5.41, 5.74) is 2.29. The Balaban J connectivity index is 1.28. The molecule has 49 heavy (non-hydrogen) atoms. The maximum atomic E-state index is 12.2. The molecule has 0 aliphatic carbocycles. The Morgan fingerprint density at radius 3 is 1.69 bits per heavy atom. The lowest BCUT2D eigenvalue weighted by Crippen LogP contribution is -2.44. The summed E-state index contributed by atoms with van der Waals surface area (Å²) < 4.78 is 6.02. The molecule has 0 atom stereocenters. The fourth-order valence-electron chi connectivity index (χ4n) is 6.73. The van der Waals surface area contributed by atoms with Crippen molar-refractivity contribution < 1.29 is 29.0 Å². The predicted molar refractivity (Wildman–Crippen MR) is 182 cm³/mol. The molecule has 4 N–H and O–H groups in total. The van der Waals surface area contributed by atoms with E-state index in [1.807, 2.05) is 42.7 Å². The van der Waals surface area contributed by atoms with Crippen molar-refractivity contribution in [3.63, 3.8) is 0 Å². The van der Waals surface area contributed by atoms with Crippen molar-refractivity contribution in [2.45, 2.75) is 59.3 Å². The standard InChI is InChI=1S/C34H41N9O6/c1-4-33(27(44)45)7-11-42(12-8-33)29-36-17-22(18-37-29)21-15-24(26-25(16-21)40-32(49-26)41-31(48)35-6-3)23-19-38-30(39-20-23)43-13-9-34(5-2,10-14-43)28(46)47/h15-20H,4-14H2,1-3H3,(H,44,45)(H,46,47)(H2,35,40,41,48). The van der Waals surface area contributed by atoms with Gasteiger partial charge in [-0.25, -0.2) is 24.7 Å². The van der Waals surface area contributed by atoms with Crippen LogP contribution in [-0.4, -0.2) is 85.8 Å². The number of benzene rings is 1. The molecule has 1 aromatic carbocycles. The third-order valence-electron chi connectivity index (χ3n) is 10.2. The van der Waals surface area contributed by atoms with E-state index in [4.69, 9.17) is 4.42 Å². The minimum absolute atomic E-state index is 0.0317. The molecule has 5 heterocycles. The van der Waals surface area contributed by atoms with Gasteiger partial charge in [-0.1, -0.05) is 13.8 Å². The normalized spacial score (nSPS) is 17.1. The van der Waals surface area contributed by atoms with E-state index in [0.29, 0.717) is 105 Å². The first-order valence-electron chi connectivity index (χ1n) is 16.7. The van der Waals surface area contributed by atoms with Crippen molar-refractivity contribution in [3.05, 3.63) is 36.9 Å². The van der Waals surface area contributed by atoms with Crippen molar-refractivity contribution in [2.24, 2.45) is 10.8 Å². The Morgan fingerprint density at radius 2 is 1.24 bits per heavy atom. The molecule has 0 bridgehead atoms. The Kier molecular flexibility index (Phi) is 9.35. The first-order valence-corrected chi connectivity index (χ1v) is 16.7. The topological polar surface area (TPSA) is 200 Å². The molecule has 6 rings (SSSR count). The number of aliphatic carboxylic acids is 2. The summed E-state index contributed by atoms with van der Waals surface area (Å²) in [4.78, 5) is 63.1. The molecule has 15 heteroatoms. The number of carboxylic acids is 2. The number of piperidine rings is 2. The van der Waals surface area contributed by atoms with Gasteiger partial charge in [-0.3, -0.25) is 14.9 Å². The number of urea groups is 1. The van der Waals surface area contributed by atoms with E-state index in [1.54, 1.807) is 24.8 Å². The smallest absolute Gasteiger partial charge is 0.322 e. The molecule has 258 valence electrons. The molecule has 2 aliphatic heterocycles. The maximum Gasteiger partial charge on any atom is 0.322 e. The monoisotopic (exact) mass is 671 g/mol. The molecule has 2 amide bonds. The van der Waals surface area contributed by atoms with Gasteiger partial charge in [0.1, 0.15) is 5.52 Å². The first-order chi connectivity index (χ1) is 23.6. The van der Waals surface area contributed by atoms with Crippen LogP contribution >= 0.6 is 0 Å². The number of carbonyl (C=O) groups excluding carboxylic acids is 1. The summed E-state index contributed by atoms with van der Waals surface area (Å²) in [6, 6.07) is 3.33. The van der Waals surface area contributed by atoms with Crippen LogP contribution in [0.4, 0.5) is 22.7 Å². The van der Waals surface area contributed by atoms with Gasteiger partial charge in [0.05, 0.1) is 10.8 Å². The molecule has 2 aliphatic rings. The third-order valence-corrected chi connectivity index (χ3v) is 10.2. The molecular formula is C34H41N9O6. The van der Waals surface area contributed by atoms with Gasteiger partial charge in [0.2, 0.25) is 11.9 Å². The number of hydrogen-bond acceptors (Lipinski definition) is 11. The highest BCUT2D eigenvalue weighted by Gasteiger charge is 2.41. The van der Waals surface area contributed by atoms with E-state index in [9.17, 15) is 24.6 Å². The summed E-state index contributed by atoms with van der Waals surface area (Å²) in [6.07, 6.45) is 10.1. The highest BCUT2D eigenvalue weighted by atomic mass is 16.4. The van der Waals surface area contributed by atoms with Crippen LogP contribution in [0.25, 0.3) is 33.4 Å². The number of fused-ring (bicyclic) bond motifs is 1. The Morgan fingerprint density at radius 1 is 0.755 bits per heavy atom. The number of nitrogens with one attached hydrogen (secondary N) is 2. The largest absolute Gasteiger partial charge is 0.481 e. The number of rotatable bonds is 10. The minimum Gasteiger partial charge on any atom is -0.481 e. The van der Waals surface area contributed by atoms with Crippen LogP contribution in [0.5, 0.6) is 0 Å². The van der Waals surface area contributed by atoms with E-state index in [0.717, 1.165) is 11.1 Å². The number of amides is 2. The van der Waals surface area contributed by atoms with Crippen LogP contribution in [0.3, 0.4) is 0 Å². The molecule has 0 spiro atoms. The minimum atomic E-state index is -0.756. The van der Waals surface area contributed by atoms with E-state index in [-0.39, 0.29) is 6.01 Å². The second-order valence-corrected chi connectivity index (χ2v) is 12.8. The van der Waals surface area contributed by atoms with Crippen molar-refractivity contribution in [1.29, 1.82) is 0 Å². The number of oxazole rings is 1. The fourth-order valence-corrected chi connectivity index (χ4v) is 6.73. The molecular weight excluding hydrogens is 630 g/mol. The van der Waals surface area contributed by atoms with Crippen molar-refractivity contribution in [3.8, 4) is 22.3 Å². The quantitative estimate of drug-likeness (QED) is 0.175. The lowest BCUT2D eigenvalue weighted by Gasteiger charge is -2.38. The molecule has 0 saturated carbocycles. The Labute approximate surface area is 283 Å². The number of hydrogen-bond donors (Lipinski definition) is 4. The van der Waals surface area contributed by atoms with E-state index < -0.39 is 28.8 Å². The lowest BCUT2D eigenvalue weighted by molar-refractivity contribution is -0.151. The zero-order chi connectivity index (χ0) is 34.8. The zero-order valence-electron chi connectivity index (χ0n) is 27.9. The van der Waals surface area contributed by atoms with Gasteiger partial charge in [0.15, 0.2) is 5.58 Å². The molecule has 2 fully saturated rings. The predicted octanol–water partition coefficient (Wildman–Crippen LogP) is 5.05. The molecule has 0 radical (unpaired) electrons. The van der Waals surface area contributed by atoms with Crippen molar-refractivity contribution in [1.82, 2.24) is 30.2 Å². The van der Waals surface area contributed by atoms with Gasteiger partial charge in [0, 0.05) is 74.2 Å². The summed E-state index contributed by atoms with van der Waals surface area (Å²) >= 11 is 0. The Bertz CT molecular complexity index is 1830. The third kappa shape index (κ3) is 6.56. The second kappa shape index (κ2) is 13.6. The van der Waals surface area contributed by atoms with Gasteiger partial charge in [-0.05, 0) is 63.1 Å². The van der Waals surface area contributed by atoms with Crippen molar-refractivity contribution >= 4 is 47.0 Å². The molecule has 2 saturated heterocycles. The summed E-state index contributed by atoms with van der Waals surface area (Å²) in [7, 11) is 0. The second-order valence-electron chi connectivity index (χ2n) is 12.8. The van der Waals surface area contributed by atoms with Crippen LogP contribution < -0.4 is 20.4 Å². The van der Waals surface area contributed by atoms with Gasteiger partial charge in [0.25, 0.3) is 0 Å². The average molecular weight is 672 g/mol. The molecule has 4 aromatic rings. The summed E-state index contributed by atoms with van der Waals surface area (Å²) in [5.74, 6) is -0.451. The highest BCUT2D eigenvalue weighted by Crippen LogP contribution is 2.39. The first kappa shape index (κ1) is 33.6. The number of carbonyl (C=O) groups is 3. The number of anilines is 3. The lowest BCUT2D eigenvalue weighted by atomic mass is 9.76. The SMILES string of the molecule is CCNC(=O)Nc1nc2cc(-c3cnc(N4CCC(CC)(C(=O)O)CC4)nc3)cc(-c3cnc(N4CCC(CC)(C(=O)O)CC4)nc3)c2o1. The number of carboxylic acid groups (broad SMARTS) is 2. The zero-order valence-corrected chi connectivity index (χ0v) is 27.9. The van der Waals surface area contributed by atoms with E-state index in [1.165, 1.54) is 0 Å². The fraction of sp³-hybridized carbons (Fsp3) is 0.471. The van der Waals surface area contributed by atoms with Crippen LogP contribution in [0.15, 0.2) is 41.3 Å². The van der Waals surface area contributed by atoms with Gasteiger partial charge in [-0.2, -0.15) is 4.98 Å². The summed E-state index contributed by atoms with van der Waals surface area (Å²) in [6.45, 7) is 8.28. The van der Waals surface area contributed by atoms with Gasteiger partial charge >= 0.3 is 24.0 Å². The van der Waals surface area contributed by atoms with Crippen molar-refractivity contribution in [2.75, 3.05) is 47.8 Å². The molecule has 15 nitrogen and oxygen atoms in total. The van der Waals surface area contributed by atoms with Gasteiger partial charge in [-0.15, -0.1) is 0 Å². The van der Waals surface area contributed by atoms with Crippen LogP contribution in [-0.2, 0) is 9.59 Å². The van der Waals surface area contributed by atoms with E-state index in [2.05, 4.69) is 35.6 Å². The van der Waals surface area contributed by atoms with Crippen LogP contribution in [0, 0.1) is 10.8 Å². The van der Waals surface area contributed by atoms with Gasteiger partial charge < -0.3 is 29.7 Å². The highest BCUT2D eigenvalue weighted by molar-refractivity contribution is 5.96. The van der Waals surface area contributed by atoms with E-state index >= 15 is 0 Å². The maximum absolute atomic E-state index is 12.2. The Hall–Kier alpha value is -5.34. The number of nitrogens with zero attached hydrogens (tertiary/aromatic N) is 7. The van der Waals surface area contributed by atoms with Crippen LogP contribution in [0.1, 0.15) is 59.3 Å². The summed E-state index contributed by atoms with van der Waals surface area (Å²) in [5, 5.41) is 24.8. The van der Waals surface area contributed by atoms with Crippen LogP contribution in [0.2, 0.25) is 0 Å². The molecule has 0 unspecified atom stereocenters. The average Bonchev–Trinajstić information content (AvgIpc) is 3.53.